The predicted octanol–water partition coefficient (Wildman–Crippen LogP) is 2.79. The number of rotatable bonds is 5. The largest absolute Gasteiger partial charge is 0.381 e. The Labute approximate surface area is 77.0 Å². The molecule has 60 valence electrons. The third-order valence-corrected chi connectivity index (χ3v) is 2.07. The summed E-state index contributed by atoms with van der Waals surface area (Å²) in [5.74, 6) is 0. The maximum atomic E-state index is 4.91. The zero-order chi connectivity index (χ0) is 7.82. The molecule has 0 aromatic rings. The fourth-order valence-electron chi connectivity index (χ4n) is 0.673. The van der Waals surface area contributed by atoms with Crippen LogP contribution in [0.3, 0.4) is 0 Å². The number of hydrogen-bond acceptors (Lipinski definition) is 1. The number of methoxy groups -OCH3 is 1. The van der Waals surface area contributed by atoms with Gasteiger partial charge in [-0.25, -0.2) is 0 Å². The third-order valence-electron chi connectivity index (χ3n) is 1.30. The minimum Gasteiger partial charge on any atom is -0.381 e. The van der Waals surface area contributed by atoms with E-state index >= 15 is 0 Å². The average Bonchev–Trinajstić information content (AvgIpc) is 1.97. The van der Waals surface area contributed by atoms with E-state index in [1.165, 1.54) is 22.8 Å². The highest BCUT2D eigenvalue weighted by atomic mass is 127. The Kier molecular flexibility index (Phi) is 7.86. The minimum absolute atomic E-state index is 0.757. The second-order valence-corrected chi connectivity index (χ2v) is 3.38. The summed E-state index contributed by atoms with van der Waals surface area (Å²) in [5.41, 5.74) is 1.44. The summed E-state index contributed by atoms with van der Waals surface area (Å²) in [6, 6.07) is 0. The molecule has 0 bridgehead atoms. The lowest BCUT2D eigenvalue weighted by Crippen LogP contribution is -1.85. The van der Waals surface area contributed by atoms with Crippen molar-refractivity contribution in [1.29, 1.82) is 0 Å². The molecule has 0 saturated heterocycles. The third kappa shape index (κ3) is 6.55. The van der Waals surface area contributed by atoms with Gasteiger partial charge in [0.1, 0.15) is 0 Å². The molecule has 0 fully saturated rings. The second-order valence-electron chi connectivity index (χ2n) is 2.30. The summed E-state index contributed by atoms with van der Waals surface area (Å²) in [7, 11) is 1.72. The molecule has 0 aliphatic heterocycles. The Hall–Kier alpha value is 0.430. The maximum Gasteiger partial charge on any atom is 0.0646 e. The van der Waals surface area contributed by atoms with Crippen molar-refractivity contribution in [3.8, 4) is 0 Å². The first kappa shape index (κ1) is 10.4. The molecule has 0 radical (unpaired) electrons. The molecular formula is C8H15IO. The molecule has 0 saturated carbocycles. The molecule has 0 amide bonds. The zero-order valence-electron chi connectivity index (χ0n) is 6.69. The summed E-state index contributed by atoms with van der Waals surface area (Å²) < 4.78 is 6.16. The van der Waals surface area contributed by atoms with Gasteiger partial charge in [-0.1, -0.05) is 34.2 Å². The Balaban J connectivity index is 3.30. The second kappa shape index (κ2) is 7.54. The molecule has 0 spiro atoms. The molecule has 0 unspecified atom stereocenters. The highest BCUT2D eigenvalue weighted by Gasteiger charge is 1.87. The van der Waals surface area contributed by atoms with E-state index in [0.29, 0.717) is 0 Å². The first-order valence-electron chi connectivity index (χ1n) is 3.51. The van der Waals surface area contributed by atoms with E-state index in [0.717, 1.165) is 6.61 Å². The van der Waals surface area contributed by atoms with Crippen LogP contribution in [0.15, 0.2) is 11.6 Å². The van der Waals surface area contributed by atoms with Gasteiger partial charge in [0, 0.05) is 7.11 Å². The van der Waals surface area contributed by atoms with Crippen molar-refractivity contribution >= 4 is 22.6 Å². The van der Waals surface area contributed by atoms with Crippen LogP contribution in [0.25, 0.3) is 0 Å². The van der Waals surface area contributed by atoms with Gasteiger partial charge in [-0.15, -0.1) is 0 Å². The molecule has 0 aliphatic rings. The Morgan fingerprint density at radius 1 is 1.60 bits per heavy atom. The lowest BCUT2D eigenvalue weighted by Gasteiger charge is -1.97. The van der Waals surface area contributed by atoms with E-state index in [1.807, 2.05) is 0 Å². The molecule has 0 rings (SSSR count). The summed E-state index contributed by atoms with van der Waals surface area (Å²) in [6.45, 7) is 2.92. The number of allylic oxidation sites excluding steroid dienone is 1. The topological polar surface area (TPSA) is 9.23 Å². The highest BCUT2D eigenvalue weighted by molar-refractivity contribution is 14.1. The summed E-state index contributed by atoms with van der Waals surface area (Å²) >= 11 is 2.40. The Morgan fingerprint density at radius 2 is 2.30 bits per heavy atom. The first-order valence-corrected chi connectivity index (χ1v) is 5.04. The van der Waals surface area contributed by atoms with Crippen LogP contribution in [0.5, 0.6) is 0 Å². The predicted molar refractivity (Wildman–Crippen MR) is 53.8 cm³/mol. The maximum absolute atomic E-state index is 4.91. The molecular weight excluding hydrogens is 239 g/mol. The van der Waals surface area contributed by atoms with Crippen LogP contribution in [0.4, 0.5) is 0 Å². The van der Waals surface area contributed by atoms with E-state index in [2.05, 4.69) is 35.6 Å². The normalized spacial score (nSPS) is 12.1. The van der Waals surface area contributed by atoms with Crippen molar-refractivity contribution in [2.75, 3.05) is 18.1 Å². The van der Waals surface area contributed by atoms with Crippen molar-refractivity contribution < 1.29 is 4.74 Å². The van der Waals surface area contributed by atoms with Gasteiger partial charge in [-0.3, -0.25) is 0 Å². The zero-order valence-corrected chi connectivity index (χ0v) is 8.85. The van der Waals surface area contributed by atoms with Crippen LogP contribution in [0, 0.1) is 0 Å². The molecule has 0 aromatic carbocycles. The Morgan fingerprint density at radius 3 is 2.80 bits per heavy atom. The molecule has 0 heterocycles. The van der Waals surface area contributed by atoms with Crippen LogP contribution in [0.2, 0.25) is 0 Å². The summed E-state index contributed by atoms with van der Waals surface area (Å²) in [4.78, 5) is 0. The molecule has 10 heavy (non-hydrogen) atoms. The quantitative estimate of drug-likeness (QED) is 0.416. The molecule has 1 nitrogen and oxygen atoms in total. The van der Waals surface area contributed by atoms with Crippen LogP contribution in [0.1, 0.15) is 19.8 Å². The van der Waals surface area contributed by atoms with Crippen LogP contribution in [-0.4, -0.2) is 18.1 Å². The van der Waals surface area contributed by atoms with E-state index in [-0.39, 0.29) is 0 Å². The van der Waals surface area contributed by atoms with Gasteiger partial charge in [0.25, 0.3) is 0 Å². The van der Waals surface area contributed by atoms with E-state index in [4.69, 9.17) is 4.74 Å². The van der Waals surface area contributed by atoms with Crippen molar-refractivity contribution in [3.63, 3.8) is 0 Å². The van der Waals surface area contributed by atoms with Gasteiger partial charge in [0.15, 0.2) is 0 Å². The molecule has 0 aliphatic carbocycles. The Bertz CT molecular complexity index is 99.4. The van der Waals surface area contributed by atoms with Gasteiger partial charge in [0.05, 0.1) is 6.61 Å². The fraction of sp³-hybridized carbons (Fsp3) is 0.750. The average molecular weight is 254 g/mol. The van der Waals surface area contributed by atoms with Crippen molar-refractivity contribution in [2.45, 2.75) is 19.8 Å². The molecule has 0 atom stereocenters. The van der Waals surface area contributed by atoms with E-state index in [1.54, 1.807) is 7.11 Å². The standard InChI is InChI=1S/C8H15IO/c1-8(4-3-6-9)5-7-10-2/h5H,3-4,6-7H2,1-2H3/b8-5+. The van der Waals surface area contributed by atoms with Gasteiger partial charge in [-0.05, 0) is 24.2 Å². The lowest BCUT2D eigenvalue weighted by molar-refractivity contribution is 0.233. The van der Waals surface area contributed by atoms with Crippen LogP contribution in [-0.2, 0) is 4.74 Å². The van der Waals surface area contributed by atoms with Gasteiger partial charge >= 0.3 is 0 Å². The van der Waals surface area contributed by atoms with Gasteiger partial charge in [-0.2, -0.15) is 0 Å². The smallest absolute Gasteiger partial charge is 0.0646 e. The van der Waals surface area contributed by atoms with E-state index < -0.39 is 0 Å². The van der Waals surface area contributed by atoms with Gasteiger partial charge in [0.2, 0.25) is 0 Å². The van der Waals surface area contributed by atoms with Crippen LogP contribution < -0.4 is 0 Å². The van der Waals surface area contributed by atoms with E-state index in [9.17, 15) is 0 Å². The summed E-state index contributed by atoms with van der Waals surface area (Å²) in [5, 5.41) is 0. The molecule has 0 aromatic heterocycles. The number of halogens is 1. The van der Waals surface area contributed by atoms with Crippen molar-refractivity contribution in [1.82, 2.24) is 0 Å². The molecule has 0 N–H and O–H groups in total. The highest BCUT2D eigenvalue weighted by Crippen LogP contribution is 2.04. The summed E-state index contributed by atoms with van der Waals surface area (Å²) in [6.07, 6.45) is 4.64. The molecule has 2 heteroatoms. The SMILES string of the molecule is COC/C=C(\C)CCCI. The van der Waals surface area contributed by atoms with Crippen molar-refractivity contribution in [2.24, 2.45) is 0 Å². The number of hydrogen-bond donors (Lipinski definition) is 0. The minimum atomic E-state index is 0.757. The fourth-order valence-corrected chi connectivity index (χ4v) is 1.05. The number of alkyl halides is 1. The lowest BCUT2D eigenvalue weighted by atomic mass is 10.2. The van der Waals surface area contributed by atoms with Crippen LogP contribution >= 0.6 is 22.6 Å². The van der Waals surface area contributed by atoms with Gasteiger partial charge < -0.3 is 4.74 Å². The number of ether oxygens (including phenoxy) is 1. The van der Waals surface area contributed by atoms with Crippen molar-refractivity contribution in [3.05, 3.63) is 11.6 Å². The monoisotopic (exact) mass is 254 g/mol. The first-order chi connectivity index (χ1) is 4.81.